The molecule has 3 aromatic rings. The molecule has 0 atom stereocenters. The second-order valence-corrected chi connectivity index (χ2v) is 9.87. The van der Waals surface area contributed by atoms with Gasteiger partial charge in [-0.2, -0.15) is 5.21 Å². The summed E-state index contributed by atoms with van der Waals surface area (Å²) in [5.74, 6) is 0.659. The highest BCUT2D eigenvalue weighted by atomic mass is 32.2. The lowest BCUT2D eigenvalue weighted by Crippen LogP contribution is -2.37. The summed E-state index contributed by atoms with van der Waals surface area (Å²) in [4.78, 5) is 0.246. The monoisotopic (exact) mass is 426 g/mol. The van der Waals surface area contributed by atoms with Crippen molar-refractivity contribution in [3.63, 3.8) is 0 Å². The Hall–Kier alpha value is -2.78. The van der Waals surface area contributed by atoms with Gasteiger partial charge in [0.15, 0.2) is 5.82 Å². The summed E-state index contributed by atoms with van der Waals surface area (Å²) < 4.78 is 28.3. The zero-order valence-electron chi connectivity index (χ0n) is 16.7. The van der Waals surface area contributed by atoms with Gasteiger partial charge in [0.05, 0.1) is 4.90 Å². The summed E-state index contributed by atoms with van der Waals surface area (Å²) in [5, 5.41) is 14.0. The molecule has 0 spiro atoms. The molecular formula is C21H26N6O2S. The van der Waals surface area contributed by atoms with Gasteiger partial charge in [0.1, 0.15) is 0 Å². The molecule has 4 rings (SSSR count). The van der Waals surface area contributed by atoms with Gasteiger partial charge in [-0.05, 0) is 60.1 Å². The van der Waals surface area contributed by atoms with Gasteiger partial charge < -0.3 is 5.73 Å². The van der Waals surface area contributed by atoms with Crippen LogP contribution in [0.2, 0.25) is 0 Å². The first-order chi connectivity index (χ1) is 14.4. The minimum atomic E-state index is -3.56. The van der Waals surface area contributed by atoms with Crippen LogP contribution >= 0.6 is 0 Å². The van der Waals surface area contributed by atoms with E-state index in [9.17, 15) is 8.42 Å². The van der Waals surface area contributed by atoms with Crippen molar-refractivity contribution < 1.29 is 8.42 Å². The number of hydrogen-bond donors (Lipinski definition) is 3. The number of hydrogen-bond acceptors (Lipinski definition) is 6. The summed E-state index contributed by atoms with van der Waals surface area (Å²) in [5.41, 5.74) is 8.48. The van der Waals surface area contributed by atoms with Gasteiger partial charge in [-0.3, -0.25) is 0 Å². The van der Waals surface area contributed by atoms with Crippen molar-refractivity contribution in [3.8, 4) is 0 Å². The van der Waals surface area contributed by atoms with Gasteiger partial charge in [0, 0.05) is 18.7 Å². The Morgan fingerprint density at radius 2 is 1.67 bits per heavy atom. The predicted octanol–water partition coefficient (Wildman–Crippen LogP) is 2.45. The molecular weight excluding hydrogens is 400 g/mol. The molecule has 0 bridgehead atoms. The fourth-order valence-corrected chi connectivity index (χ4v) is 5.32. The van der Waals surface area contributed by atoms with Crippen molar-refractivity contribution in [2.45, 2.75) is 43.4 Å². The van der Waals surface area contributed by atoms with E-state index >= 15 is 0 Å². The molecule has 1 fully saturated rings. The molecule has 0 unspecified atom stereocenters. The maximum Gasteiger partial charge on any atom is 0.240 e. The molecule has 158 valence electrons. The molecule has 30 heavy (non-hydrogen) atoms. The van der Waals surface area contributed by atoms with E-state index in [2.05, 4.69) is 49.6 Å². The predicted molar refractivity (Wildman–Crippen MR) is 114 cm³/mol. The molecule has 8 nitrogen and oxygen atoms in total. The Labute approximate surface area is 176 Å². The van der Waals surface area contributed by atoms with Gasteiger partial charge in [0.2, 0.25) is 10.0 Å². The van der Waals surface area contributed by atoms with Crippen molar-refractivity contribution in [3.05, 3.63) is 65.5 Å². The number of benzene rings is 2. The van der Waals surface area contributed by atoms with Gasteiger partial charge in [-0.15, -0.1) is 10.2 Å². The average Bonchev–Trinajstić information content (AvgIpc) is 3.41. The highest BCUT2D eigenvalue weighted by molar-refractivity contribution is 7.89. The van der Waals surface area contributed by atoms with E-state index in [0.29, 0.717) is 24.5 Å². The Bertz CT molecular complexity index is 1060. The third-order valence-corrected chi connectivity index (χ3v) is 7.26. The molecule has 0 radical (unpaired) electrons. The number of nitrogen functional groups attached to an aromatic ring is 1. The molecule has 1 aromatic heterocycles. The fourth-order valence-electron chi connectivity index (χ4n) is 4.17. The van der Waals surface area contributed by atoms with E-state index in [1.165, 1.54) is 5.56 Å². The van der Waals surface area contributed by atoms with Crippen molar-refractivity contribution >= 4 is 15.7 Å². The van der Waals surface area contributed by atoms with Crippen LogP contribution in [-0.4, -0.2) is 35.6 Å². The number of anilines is 1. The highest BCUT2D eigenvalue weighted by Gasteiger charge is 2.35. The molecule has 4 N–H and O–H groups in total. The number of aromatic amines is 1. The van der Waals surface area contributed by atoms with Crippen molar-refractivity contribution in [2.24, 2.45) is 5.41 Å². The summed E-state index contributed by atoms with van der Waals surface area (Å²) in [7, 11) is -3.56. The second-order valence-electron chi connectivity index (χ2n) is 8.10. The molecule has 1 saturated carbocycles. The summed E-state index contributed by atoms with van der Waals surface area (Å²) in [6.45, 7) is 0.435. The zero-order chi connectivity index (χ0) is 21.0. The Morgan fingerprint density at radius 1 is 1.00 bits per heavy atom. The number of aromatic nitrogens is 4. The van der Waals surface area contributed by atoms with Crippen LogP contribution in [0, 0.1) is 5.41 Å². The van der Waals surface area contributed by atoms with Crippen LogP contribution in [-0.2, 0) is 22.9 Å². The van der Waals surface area contributed by atoms with E-state index in [1.807, 2.05) is 0 Å². The largest absolute Gasteiger partial charge is 0.399 e. The molecule has 1 heterocycles. The molecule has 0 amide bonds. The van der Waals surface area contributed by atoms with Gasteiger partial charge in [-0.25, -0.2) is 13.1 Å². The number of tetrazole rings is 1. The van der Waals surface area contributed by atoms with Gasteiger partial charge in [-0.1, -0.05) is 42.3 Å². The first-order valence-electron chi connectivity index (χ1n) is 10.1. The maximum atomic E-state index is 12.7. The second kappa shape index (κ2) is 8.53. The van der Waals surface area contributed by atoms with E-state index in [1.54, 1.807) is 24.3 Å². The summed E-state index contributed by atoms with van der Waals surface area (Å²) >= 11 is 0. The molecule has 1 aliphatic rings. The smallest absolute Gasteiger partial charge is 0.240 e. The van der Waals surface area contributed by atoms with Crippen molar-refractivity contribution in [1.29, 1.82) is 0 Å². The van der Waals surface area contributed by atoms with E-state index in [-0.39, 0.29) is 10.3 Å². The van der Waals surface area contributed by atoms with Crippen LogP contribution < -0.4 is 10.5 Å². The first-order valence-corrected chi connectivity index (χ1v) is 11.6. The van der Waals surface area contributed by atoms with E-state index in [0.717, 1.165) is 37.7 Å². The molecule has 0 saturated heterocycles. The minimum Gasteiger partial charge on any atom is -0.399 e. The lowest BCUT2D eigenvalue weighted by atomic mass is 9.80. The van der Waals surface area contributed by atoms with Crippen LogP contribution in [0.3, 0.4) is 0 Å². The molecule has 2 aromatic carbocycles. The normalized spacial score (nSPS) is 16.0. The number of H-pyrrole nitrogens is 1. The lowest BCUT2D eigenvalue weighted by Gasteiger charge is -2.29. The number of nitrogens with zero attached hydrogens (tertiary/aromatic N) is 3. The van der Waals surface area contributed by atoms with Crippen LogP contribution in [0.1, 0.15) is 42.6 Å². The third kappa shape index (κ3) is 4.85. The Kier molecular flexibility index (Phi) is 5.83. The summed E-state index contributed by atoms with van der Waals surface area (Å²) in [6.07, 6.45) is 5.76. The van der Waals surface area contributed by atoms with Crippen molar-refractivity contribution in [1.82, 2.24) is 25.3 Å². The van der Waals surface area contributed by atoms with Crippen LogP contribution in [0.15, 0.2) is 53.4 Å². The van der Waals surface area contributed by atoms with Gasteiger partial charge in [0.25, 0.3) is 0 Å². The first kappa shape index (κ1) is 20.5. The molecule has 0 aliphatic heterocycles. The summed E-state index contributed by atoms with van der Waals surface area (Å²) in [6, 6.07) is 14.7. The van der Waals surface area contributed by atoms with Gasteiger partial charge >= 0.3 is 0 Å². The highest BCUT2D eigenvalue weighted by Crippen LogP contribution is 2.40. The minimum absolute atomic E-state index is 0.0595. The number of sulfonamides is 1. The SMILES string of the molecule is Nc1ccc(S(=O)(=O)NCC2(Cc3ccc(Cc4nn[nH]n4)cc3)CCCC2)cc1. The zero-order valence-corrected chi connectivity index (χ0v) is 17.5. The maximum absolute atomic E-state index is 12.7. The van der Waals surface area contributed by atoms with E-state index in [4.69, 9.17) is 5.73 Å². The standard InChI is InChI=1S/C21H26N6O2S/c22-18-7-9-19(10-8-18)30(28,29)23-15-21(11-1-2-12-21)14-17-5-3-16(4-6-17)13-20-24-26-27-25-20/h3-10,23H,1-2,11-15,22H2,(H,24,25,26,27). The van der Waals surface area contributed by atoms with Crippen molar-refractivity contribution in [2.75, 3.05) is 12.3 Å². The number of nitrogens with one attached hydrogen (secondary N) is 2. The Balaban J connectivity index is 1.43. The molecule has 1 aliphatic carbocycles. The van der Waals surface area contributed by atoms with Crippen LogP contribution in [0.25, 0.3) is 0 Å². The van der Waals surface area contributed by atoms with Crippen LogP contribution in [0.4, 0.5) is 5.69 Å². The van der Waals surface area contributed by atoms with E-state index < -0.39 is 10.0 Å². The number of nitrogens with two attached hydrogens (primary N) is 1. The fraction of sp³-hybridized carbons (Fsp3) is 0.381. The quantitative estimate of drug-likeness (QED) is 0.475. The lowest BCUT2D eigenvalue weighted by molar-refractivity contribution is 0.295. The third-order valence-electron chi connectivity index (χ3n) is 5.85. The topological polar surface area (TPSA) is 127 Å². The average molecular weight is 427 g/mol. The molecule has 9 heteroatoms. The Morgan fingerprint density at radius 3 is 2.30 bits per heavy atom. The van der Waals surface area contributed by atoms with Crippen LogP contribution in [0.5, 0.6) is 0 Å². The number of rotatable bonds is 8.